The second kappa shape index (κ2) is 8.51. The molecule has 1 aromatic heterocycles. The van der Waals surface area contributed by atoms with Crippen LogP contribution in [0.1, 0.15) is 19.3 Å². The molecule has 12 nitrogen and oxygen atoms in total. The summed E-state index contributed by atoms with van der Waals surface area (Å²) in [4.78, 5) is 31.4. The first-order valence-corrected chi connectivity index (χ1v) is 11.2. The molecule has 0 aliphatic carbocycles. The number of hydroxylamine groups is 3. The topological polar surface area (TPSA) is 142 Å². The summed E-state index contributed by atoms with van der Waals surface area (Å²) in [5.74, 6) is 0.00498. The summed E-state index contributed by atoms with van der Waals surface area (Å²) in [5, 5.41) is 3.98. The van der Waals surface area contributed by atoms with Crippen molar-refractivity contribution in [3.8, 4) is 0 Å². The molecule has 4 rings (SSSR count). The van der Waals surface area contributed by atoms with Gasteiger partial charge in [0.2, 0.25) is 0 Å². The lowest BCUT2D eigenvalue weighted by Gasteiger charge is -2.29. The molecule has 0 unspecified atom stereocenters. The summed E-state index contributed by atoms with van der Waals surface area (Å²) in [6.07, 6.45) is 5.67. The number of nitrogens with zero attached hydrogens (tertiary/aromatic N) is 3. The molecule has 0 saturated carbocycles. The van der Waals surface area contributed by atoms with Gasteiger partial charge < -0.3 is 14.8 Å². The Morgan fingerprint density at radius 2 is 2.07 bits per heavy atom. The lowest BCUT2D eigenvalue weighted by molar-refractivity contribution is -0.139. The van der Waals surface area contributed by atoms with E-state index in [2.05, 4.69) is 19.6 Å². The minimum Gasteiger partial charge on any atom is -0.354 e. The van der Waals surface area contributed by atoms with Gasteiger partial charge in [-0.3, -0.25) is 14.2 Å². The number of carbonyl (C=O) groups is 2. The minimum atomic E-state index is -4.82. The summed E-state index contributed by atoms with van der Waals surface area (Å²) in [7, 11) is -4.82. The number of hydrogen-bond donors (Lipinski definition) is 3. The number of nitrogens with one attached hydrogen (secondary N) is 2. The van der Waals surface area contributed by atoms with Crippen LogP contribution in [0, 0.1) is 5.92 Å². The summed E-state index contributed by atoms with van der Waals surface area (Å²) in [6.45, 7) is 2.23. The quantitative estimate of drug-likeness (QED) is 0.361. The van der Waals surface area contributed by atoms with E-state index in [9.17, 15) is 18.0 Å². The molecular weight excluding hydrogens is 418 g/mol. The Kier molecular flexibility index (Phi) is 5.97. The highest BCUT2D eigenvalue weighted by molar-refractivity contribution is 7.80. The Morgan fingerprint density at radius 1 is 1.30 bits per heavy atom. The van der Waals surface area contributed by atoms with E-state index in [0.29, 0.717) is 30.4 Å². The molecule has 1 aromatic rings. The smallest absolute Gasteiger partial charge is 0.354 e. The minimum absolute atomic E-state index is 0.119. The first-order chi connectivity index (χ1) is 14.3. The summed E-state index contributed by atoms with van der Waals surface area (Å²) in [6, 6.07) is 2.00. The fourth-order valence-corrected chi connectivity index (χ4v) is 4.73. The molecule has 0 radical (unpaired) electrons. The Labute approximate surface area is 173 Å². The molecule has 3 fully saturated rings. The Hall–Kier alpha value is -2.19. The van der Waals surface area contributed by atoms with Gasteiger partial charge in [0.25, 0.3) is 5.91 Å². The zero-order valence-corrected chi connectivity index (χ0v) is 17.0. The summed E-state index contributed by atoms with van der Waals surface area (Å²) < 4.78 is 37.2. The van der Waals surface area contributed by atoms with Gasteiger partial charge in [0.1, 0.15) is 6.04 Å². The molecule has 4 atom stereocenters. The largest absolute Gasteiger partial charge is 0.418 e. The van der Waals surface area contributed by atoms with Crippen molar-refractivity contribution in [2.24, 2.45) is 5.92 Å². The number of aromatic nitrogens is 1. The van der Waals surface area contributed by atoms with E-state index in [1.807, 2.05) is 24.5 Å². The van der Waals surface area contributed by atoms with Gasteiger partial charge in [-0.05, 0) is 37.3 Å². The van der Waals surface area contributed by atoms with Gasteiger partial charge in [-0.1, -0.05) is 0 Å². The van der Waals surface area contributed by atoms with Crippen LogP contribution < -0.4 is 10.8 Å². The maximum Gasteiger partial charge on any atom is 0.418 e. The van der Waals surface area contributed by atoms with E-state index in [1.54, 1.807) is 0 Å². The molecular formula is C17H25N5O7S. The molecule has 30 heavy (non-hydrogen) atoms. The van der Waals surface area contributed by atoms with Gasteiger partial charge >= 0.3 is 16.4 Å². The van der Waals surface area contributed by atoms with Crippen LogP contribution in [0.4, 0.5) is 4.79 Å². The van der Waals surface area contributed by atoms with Crippen molar-refractivity contribution in [3.05, 3.63) is 24.5 Å². The standard InChI is InChI=1S/C17H25N5O7S/c23-16(15-4-3-14-10-21(15)17(24)22(14)29-30(25,26)27)19-28-11-13-7-12(8-18-13)9-20-5-1-2-6-20/h1-2,5-6,12-15,18H,3-4,7-11H2,(H,19,23)(H,25,26,27)/t12-,13+,14-,15+/m1/s1. The van der Waals surface area contributed by atoms with Crippen LogP contribution in [-0.2, 0) is 30.9 Å². The maximum atomic E-state index is 12.5. The Bertz CT molecular complexity index is 877. The van der Waals surface area contributed by atoms with Crippen LogP contribution in [0.15, 0.2) is 24.5 Å². The lowest BCUT2D eigenvalue weighted by Crippen LogP contribution is -2.50. The average molecular weight is 443 g/mol. The number of urea groups is 1. The van der Waals surface area contributed by atoms with Crippen LogP contribution in [0.3, 0.4) is 0 Å². The highest BCUT2D eigenvalue weighted by atomic mass is 32.3. The fraction of sp³-hybridized carbons (Fsp3) is 0.647. The molecule has 3 amide bonds. The number of amides is 3. The molecule has 4 heterocycles. The normalized spacial score (nSPS) is 28.9. The SMILES string of the molecule is O=C(NOC[C@@H]1C[C@@H](Cn2cccc2)CN1)[C@@H]1CC[C@@H]2CN1C(=O)N2OS(=O)(=O)O. The zero-order valence-electron chi connectivity index (χ0n) is 16.2. The molecule has 2 bridgehead atoms. The third kappa shape index (κ3) is 4.75. The molecule has 166 valence electrons. The van der Waals surface area contributed by atoms with E-state index in [0.717, 1.165) is 19.5 Å². The number of hydrogen-bond acceptors (Lipinski definition) is 7. The van der Waals surface area contributed by atoms with Gasteiger partial charge in [-0.25, -0.2) is 10.3 Å². The van der Waals surface area contributed by atoms with E-state index in [1.165, 1.54) is 4.90 Å². The number of fused-ring (bicyclic) bond motifs is 2. The van der Waals surface area contributed by atoms with Crippen molar-refractivity contribution >= 4 is 22.3 Å². The average Bonchev–Trinajstić information content (AvgIpc) is 3.40. The predicted molar refractivity (Wildman–Crippen MR) is 102 cm³/mol. The molecule has 0 spiro atoms. The molecule has 3 saturated heterocycles. The molecule has 3 aliphatic heterocycles. The van der Waals surface area contributed by atoms with Gasteiger partial charge in [0.15, 0.2) is 0 Å². The van der Waals surface area contributed by atoms with Crippen molar-refractivity contribution < 1.29 is 31.7 Å². The second-order valence-corrected chi connectivity index (χ2v) is 8.88. The third-order valence-electron chi connectivity index (χ3n) is 5.71. The summed E-state index contributed by atoms with van der Waals surface area (Å²) in [5.41, 5.74) is 2.40. The van der Waals surface area contributed by atoms with Crippen molar-refractivity contribution in [2.75, 3.05) is 19.7 Å². The molecule has 3 N–H and O–H groups in total. The number of rotatable bonds is 8. The number of carbonyl (C=O) groups excluding carboxylic acids is 2. The molecule has 13 heteroatoms. The van der Waals surface area contributed by atoms with Crippen LogP contribution >= 0.6 is 0 Å². The van der Waals surface area contributed by atoms with Crippen LogP contribution in [0.2, 0.25) is 0 Å². The maximum absolute atomic E-state index is 12.5. The van der Waals surface area contributed by atoms with Crippen molar-refractivity contribution in [3.63, 3.8) is 0 Å². The molecule has 0 aromatic carbocycles. The highest BCUT2D eigenvalue weighted by Gasteiger charge is 2.49. The monoisotopic (exact) mass is 443 g/mol. The number of piperidine rings is 1. The first-order valence-electron chi connectivity index (χ1n) is 9.83. The zero-order chi connectivity index (χ0) is 21.3. The van der Waals surface area contributed by atoms with Gasteiger partial charge in [0, 0.05) is 38.1 Å². The van der Waals surface area contributed by atoms with Crippen molar-refractivity contribution in [1.82, 2.24) is 25.3 Å². The van der Waals surface area contributed by atoms with E-state index in [4.69, 9.17) is 9.39 Å². The van der Waals surface area contributed by atoms with E-state index >= 15 is 0 Å². The lowest BCUT2D eigenvalue weighted by atomic mass is 10.0. The fourth-order valence-electron chi connectivity index (χ4n) is 4.34. The van der Waals surface area contributed by atoms with Gasteiger partial charge in [0.05, 0.1) is 12.6 Å². The van der Waals surface area contributed by atoms with Crippen LogP contribution in [0.5, 0.6) is 0 Å². The van der Waals surface area contributed by atoms with Crippen LogP contribution in [0.25, 0.3) is 0 Å². The second-order valence-electron chi connectivity index (χ2n) is 7.87. The van der Waals surface area contributed by atoms with Crippen molar-refractivity contribution in [1.29, 1.82) is 0 Å². The van der Waals surface area contributed by atoms with E-state index < -0.39 is 34.4 Å². The third-order valence-corrected chi connectivity index (χ3v) is 6.05. The van der Waals surface area contributed by atoms with Gasteiger partial charge in [-0.2, -0.15) is 13.5 Å². The molecule has 3 aliphatic rings. The Balaban J connectivity index is 1.22. The first kappa shape index (κ1) is 21.1. The van der Waals surface area contributed by atoms with Gasteiger partial charge in [-0.15, -0.1) is 4.28 Å². The van der Waals surface area contributed by atoms with Crippen LogP contribution in [-0.4, -0.2) is 77.3 Å². The highest BCUT2D eigenvalue weighted by Crippen LogP contribution is 2.30. The summed E-state index contributed by atoms with van der Waals surface area (Å²) >= 11 is 0. The van der Waals surface area contributed by atoms with Crippen molar-refractivity contribution in [2.45, 2.75) is 43.9 Å². The van der Waals surface area contributed by atoms with E-state index in [-0.39, 0.29) is 12.6 Å². The predicted octanol–water partition coefficient (Wildman–Crippen LogP) is -0.483. The Morgan fingerprint density at radius 3 is 2.80 bits per heavy atom.